The molecule has 2 rings (SSSR count). The second-order valence-corrected chi connectivity index (χ2v) is 4.69. The Morgan fingerprint density at radius 3 is 2.83 bits per heavy atom. The Bertz CT molecular complexity index is 832. The second-order valence-electron chi connectivity index (χ2n) is 4.69. The average molecular weight is 311 g/mol. The van der Waals surface area contributed by atoms with E-state index in [1.807, 2.05) is 31.2 Å². The molecule has 0 radical (unpaired) electrons. The van der Waals surface area contributed by atoms with Crippen molar-refractivity contribution in [3.8, 4) is 17.6 Å². The zero-order valence-electron chi connectivity index (χ0n) is 13.2. The summed E-state index contributed by atoms with van der Waals surface area (Å²) >= 11 is 0. The standard InChI is InChI=1S/C17H17N3O3/c1-4-23-15-7-5-6-12(16(15)22-3)8-9-14-11(2)13(10-18)17(21)20-19-14/h5-9H,4H2,1-3H3,(H,20,21)/b9-8+. The highest BCUT2D eigenvalue weighted by molar-refractivity contribution is 5.74. The van der Waals surface area contributed by atoms with Crippen molar-refractivity contribution in [1.82, 2.24) is 10.2 Å². The van der Waals surface area contributed by atoms with Crippen LogP contribution in [0.1, 0.15) is 29.3 Å². The molecule has 0 saturated carbocycles. The Morgan fingerprint density at radius 1 is 1.39 bits per heavy atom. The van der Waals surface area contributed by atoms with Crippen LogP contribution in [0.5, 0.6) is 11.5 Å². The van der Waals surface area contributed by atoms with E-state index in [1.54, 1.807) is 26.2 Å². The molecule has 0 unspecified atom stereocenters. The minimum atomic E-state index is -0.488. The SMILES string of the molecule is CCOc1cccc(/C=C/c2n[nH]c(=O)c(C#N)c2C)c1OC. The summed E-state index contributed by atoms with van der Waals surface area (Å²) in [6.07, 6.45) is 3.52. The maximum atomic E-state index is 11.5. The highest BCUT2D eigenvalue weighted by atomic mass is 16.5. The van der Waals surface area contributed by atoms with E-state index < -0.39 is 5.56 Å². The predicted molar refractivity (Wildman–Crippen MR) is 87.4 cm³/mol. The van der Waals surface area contributed by atoms with Crippen molar-refractivity contribution in [2.24, 2.45) is 0 Å². The molecule has 0 aliphatic carbocycles. The number of hydrogen-bond donors (Lipinski definition) is 1. The fourth-order valence-electron chi connectivity index (χ4n) is 2.17. The molecule has 23 heavy (non-hydrogen) atoms. The third kappa shape index (κ3) is 3.40. The first kappa shape index (κ1) is 16.3. The van der Waals surface area contributed by atoms with Crippen LogP contribution in [0.25, 0.3) is 12.2 Å². The number of H-pyrrole nitrogens is 1. The summed E-state index contributed by atoms with van der Waals surface area (Å²) in [6.45, 7) is 4.13. The van der Waals surface area contributed by atoms with Crippen LogP contribution < -0.4 is 15.0 Å². The number of rotatable bonds is 5. The van der Waals surface area contributed by atoms with Crippen LogP contribution in [0.2, 0.25) is 0 Å². The van der Waals surface area contributed by atoms with Gasteiger partial charge in [-0.15, -0.1) is 0 Å². The Kier molecular flexibility index (Phi) is 5.15. The number of aromatic nitrogens is 2. The highest BCUT2D eigenvalue weighted by Gasteiger charge is 2.10. The van der Waals surface area contributed by atoms with E-state index in [2.05, 4.69) is 10.2 Å². The van der Waals surface area contributed by atoms with Gasteiger partial charge < -0.3 is 9.47 Å². The molecule has 1 heterocycles. The van der Waals surface area contributed by atoms with Gasteiger partial charge in [-0.2, -0.15) is 10.4 Å². The van der Waals surface area contributed by atoms with E-state index >= 15 is 0 Å². The fraction of sp³-hybridized carbons (Fsp3) is 0.235. The van der Waals surface area contributed by atoms with Gasteiger partial charge in [-0.25, -0.2) is 5.10 Å². The van der Waals surface area contributed by atoms with Crippen molar-refractivity contribution in [2.45, 2.75) is 13.8 Å². The monoisotopic (exact) mass is 311 g/mol. The number of nitriles is 1. The summed E-state index contributed by atoms with van der Waals surface area (Å²) in [5.41, 5.74) is 1.44. The summed E-state index contributed by atoms with van der Waals surface area (Å²) in [7, 11) is 1.58. The van der Waals surface area contributed by atoms with Crippen LogP contribution in [0.15, 0.2) is 23.0 Å². The topological polar surface area (TPSA) is 88.0 Å². The summed E-state index contributed by atoms with van der Waals surface area (Å²) < 4.78 is 10.9. The maximum absolute atomic E-state index is 11.5. The number of nitrogens with one attached hydrogen (secondary N) is 1. The largest absolute Gasteiger partial charge is 0.492 e. The molecule has 118 valence electrons. The minimum Gasteiger partial charge on any atom is -0.492 e. The highest BCUT2D eigenvalue weighted by Crippen LogP contribution is 2.32. The molecule has 1 aromatic carbocycles. The second kappa shape index (κ2) is 7.27. The molecule has 2 aromatic rings. The lowest BCUT2D eigenvalue weighted by molar-refractivity contribution is 0.310. The van der Waals surface area contributed by atoms with E-state index in [4.69, 9.17) is 14.7 Å². The molecule has 6 nitrogen and oxygen atoms in total. The molecule has 0 spiro atoms. The number of benzene rings is 1. The van der Waals surface area contributed by atoms with E-state index in [1.165, 1.54) is 0 Å². The van der Waals surface area contributed by atoms with Crippen molar-refractivity contribution < 1.29 is 9.47 Å². The lowest BCUT2D eigenvalue weighted by Gasteiger charge is -2.11. The van der Waals surface area contributed by atoms with Gasteiger partial charge in [0, 0.05) is 5.56 Å². The number of nitrogens with zero attached hydrogens (tertiary/aromatic N) is 2. The molecular formula is C17H17N3O3. The van der Waals surface area contributed by atoms with Crippen molar-refractivity contribution in [3.63, 3.8) is 0 Å². The summed E-state index contributed by atoms with van der Waals surface area (Å²) in [5, 5.41) is 15.3. The van der Waals surface area contributed by atoms with E-state index in [0.717, 1.165) is 5.56 Å². The van der Waals surface area contributed by atoms with Gasteiger partial charge in [0.05, 0.1) is 19.4 Å². The van der Waals surface area contributed by atoms with Gasteiger partial charge in [0.25, 0.3) is 5.56 Å². The molecular weight excluding hydrogens is 294 g/mol. The summed E-state index contributed by atoms with van der Waals surface area (Å²) in [4.78, 5) is 11.5. The van der Waals surface area contributed by atoms with Gasteiger partial charge >= 0.3 is 0 Å². The van der Waals surface area contributed by atoms with E-state index in [-0.39, 0.29) is 5.56 Å². The van der Waals surface area contributed by atoms with Crippen LogP contribution in [0.3, 0.4) is 0 Å². The predicted octanol–water partition coefficient (Wildman–Crippen LogP) is 2.53. The lowest BCUT2D eigenvalue weighted by atomic mass is 10.1. The van der Waals surface area contributed by atoms with Crippen molar-refractivity contribution in [3.05, 3.63) is 50.9 Å². The lowest BCUT2D eigenvalue weighted by Crippen LogP contribution is -2.15. The third-order valence-corrected chi connectivity index (χ3v) is 3.31. The Balaban J connectivity index is 2.44. The van der Waals surface area contributed by atoms with Crippen LogP contribution in [0, 0.1) is 18.3 Å². The first-order chi connectivity index (χ1) is 11.1. The molecule has 0 bridgehead atoms. The molecule has 0 aliphatic rings. The maximum Gasteiger partial charge on any atom is 0.282 e. The third-order valence-electron chi connectivity index (χ3n) is 3.31. The molecule has 0 atom stereocenters. The van der Waals surface area contributed by atoms with Crippen LogP contribution in [-0.2, 0) is 0 Å². The van der Waals surface area contributed by atoms with Gasteiger partial charge in [-0.3, -0.25) is 4.79 Å². The van der Waals surface area contributed by atoms with Gasteiger partial charge in [0.2, 0.25) is 0 Å². The number of para-hydroxylation sites is 1. The Labute approximate surface area is 134 Å². The van der Waals surface area contributed by atoms with Crippen molar-refractivity contribution in [2.75, 3.05) is 13.7 Å². The quantitative estimate of drug-likeness (QED) is 0.916. The molecule has 0 amide bonds. The van der Waals surface area contributed by atoms with Crippen molar-refractivity contribution >= 4 is 12.2 Å². The van der Waals surface area contributed by atoms with E-state index in [0.29, 0.717) is 29.4 Å². The summed E-state index contributed by atoms with van der Waals surface area (Å²) in [5.74, 6) is 1.27. The molecule has 0 fully saturated rings. The number of aromatic amines is 1. The first-order valence-corrected chi connectivity index (χ1v) is 7.09. The molecule has 0 aliphatic heterocycles. The van der Waals surface area contributed by atoms with Crippen LogP contribution in [-0.4, -0.2) is 23.9 Å². The normalized spacial score (nSPS) is 10.5. The average Bonchev–Trinajstić information content (AvgIpc) is 2.55. The Hall–Kier alpha value is -3.07. The smallest absolute Gasteiger partial charge is 0.282 e. The van der Waals surface area contributed by atoms with Crippen LogP contribution in [0.4, 0.5) is 0 Å². The van der Waals surface area contributed by atoms with Gasteiger partial charge in [-0.1, -0.05) is 12.1 Å². The summed E-state index contributed by atoms with van der Waals surface area (Å²) in [6, 6.07) is 7.46. The molecule has 1 N–H and O–H groups in total. The molecule has 1 aromatic heterocycles. The number of hydrogen-bond acceptors (Lipinski definition) is 5. The van der Waals surface area contributed by atoms with Gasteiger partial charge in [-0.05, 0) is 37.6 Å². The number of methoxy groups -OCH3 is 1. The fourth-order valence-corrected chi connectivity index (χ4v) is 2.17. The van der Waals surface area contributed by atoms with Gasteiger partial charge in [0.1, 0.15) is 11.6 Å². The zero-order valence-corrected chi connectivity index (χ0v) is 13.2. The molecule has 6 heteroatoms. The first-order valence-electron chi connectivity index (χ1n) is 7.09. The Morgan fingerprint density at radius 2 is 2.17 bits per heavy atom. The zero-order chi connectivity index (χ0) is 16.8. The molecule has 0 saturated heterocycles. The van der Waals surface area contributed by atoms with Gasteiger partial charge in [0.15, 0.2) is 11.5 Å². The van der Waals surface area contributed by atoms with E-state index in [9.17, 15) is 4.79 Å². The van der Waals surface area contributed by atoms with Crippen LogP contribution >= 0.6 is 0 Å². The van der Waals surface area contributed by atoms with Crippen molar-refractivity contribution in [1.29, 1.82) is 5.26 Å². The minimum absolute atomic E-state index is 0.0645. The number of ether oxygens (including phenoxy) is 2.